The lowest BCUT2D eigenvalue weighted by atomic mass is 9.84. The molecule has 0 aliphatic carbocycles. The molecule has 1 heterocycles. The van der Waals surface area contributed by atoms with E-state index in [1.54, 1.807) is 0 Å². The summed E-state index contributed by atoms with van der Waals surface area (Å²) >= 11 is 0. The fraction of sp³-hybridized carbons (Fsp3) is 0.846. The molecule has 0 bridgehead atoms. The van der Waals surface area contributed by atoms with Crippen molar-refractivity contribution in [3.05, 3.63) is 0 Å². The molecule has 1 aliphatic rings. The maximum atomic E-state index is 6.01. The lowest BCUT2D eigenvalue weighted by molar-refractivity contribution is -0.124. The van der Waals surface area contributed by atoms with Gasteiger partial charge in [-0.1, -0.05) is 0 Å². The van der Waals surface area contributed by atoms with Gasteiger partial charge in [-0.2, -0.15) is 0 Å². The Balaban J connectivity index is 2.73. The van der Waals surface area contributed by atoms with Gasteiger partial charge >= 0.3 is 0 Å². The van der Waals surface area contributed by atoms with Crippen LogP contribution in [-0.2, 0) is 9.47 Å². The summed E-state index contributed by atoms with van der Waals surface area (Å²) in [4.78, 5) is 0. The normalized spacial score (nSPS) is 20.9. The Labute approximate surface area is 98.9 Å². The van der Waals surface area contributed by atoms with Gasteiger partial charge in [-0.15, -0.1) is 11.8 Å². The third-order valence-electron chi connectivity index (χ3n) is 3.24. The summed E-state index contributed by atoms with van der Waals surface area (Å²) in [6, 6.07) is 0.295. The minimum Gasteiger partial charge on any atom is -0.381 e. The van der Waals surface area contributed by atoms with Crippen LogP contribution in [0.1, 0.15) is 33.1 Å². The Morgan fingerprint density at radius 2 is 2.12 bits per heavy atom. The van der Waals surface area contributed by atoms with Gasteiger partial charge in [-0.25, -0.2) is 0 Å². The molecular weight excluding hydrogens is 202 g/mol. The molecule has 1 atom stereocenters. The molecule has 0 aromatic heterocycles. The number of likely N-dealkylation sites (N-methyl/N-ethyl adjacent to an activating group) is 1. The lowest BCUT2D eigenvalue weighted by Gasteiger charge is -2.42. The summed E-state index contributed by atoms with van der Waals surface area (Å²) in [6.45, 7) is 6.26. The van der Waals surface area contributed by atoms with Gasteiger partial charge in [0.2, 0.25) is 0 Å². The molecule has 3 nitrogen and oxygen atoms in total. The van der Waals surface area contributed by atoms with Crippen molar-refractivity contribution in [2.24, 2.45) is 0 Å². The molecule has 0 radical (unpaired) electrons. The summed E-state index contributed by atoms with van der Waals surface area (Å²) in [5.74, 6) is 6.10. The maximum absolute atomic E-state index is 6.01. The summed E-state index contributed by atoms with van der Waals surface area (Å²) in [7, 11) is 1.98. The first-order valence-corrected chi connectivity index (χ1v) is 6.07. The van der Waals surface area contributed by atoms with Crippen LogP contribution in [0.15, 0.2) is 0 Å². The molecule has 3 heteroatoms. The average molecular weight is 225 g/mol. The number of nitrogens with one attached hydrogen (secondary N) is 1. The first kappa shape index (κ1) is 13.5. The molecule has 0 saturated carbocycles. The third kappa shape index (κ3) is 3.21. The van der Waals surface area contributed by atoms with E-state index in [4.69, 9.17) is 9.47 Å². The monoisotopic (exact) mass is 225 g/mol. The Bertz CT molecular complexity index is 243. The molecule has 1 unspecified atom stereocenters. The first-order chi connectivity index (χ1) is 7.79. The molecule has 1 N–H and O–H groups in total. The quantitative estimate of drug-likeness (QED) is 0.721. The third-order valence-corrected chi connectivity index (χ3v) is 3.24. The number of ether oxygens (including phenoxy) is 2. The van der Waals surface area contributed by atoms with Crippen molar-refractivity contribution in [2.75, 3.05) is 26.9 Å². The lowest BCUT2D eigenvalue weighted by Crippen LogP contribution is -2.54. The highest BCUT2D eigenvalue weighted by atomic mass is 16.5. The highest BCUT2D eigenvalue weighted by molar-refractivity contribution is 5.04. The molecule has 16 heavy (non-hydrogen) atoms. The van der Waals surface area contributed by atoms with Crippen LogP contribution in [0.5, 0.6) is 0 Å². The second-order valence-electron chi connectivity index (χ2n) is 4.08. The second-order valence-corrected chi connectivity index (χ2v) is 4.08. The van der Waals surface area contributed by atoms with E-state index in [2.05, 4.69) is 24.1 Å². The van der Waals surface area contributed by atoms with E-state index < -0.39 is 0 Å². The summed E-state index contributed by atoms with van der Waals surface area (Å²) in [5.41, 5.74) is -0.0917. The molecule has 0 aromatic rings. The van der Waals surface area contributed by atoms with Crippen LogP contribution in [0.25, 0.3) is 0 Å². The van der Waals surface area contributed by atoms with Crippen LogP contribution in [0.3, 0.4) is 0 Å². The van der Waals surface area contributed by atoms with Crippen molar-refractivity contribution in [3.8, 4) is 11.8 Å². The van der Waals surface area contributed by atoms with Crippen LogP contribution in [0, 0.1) is 11.8 Å². The van der Waals surface area contributed by atoms with Crippen molar-refractivity contribution in [1.29, 1.82) is 0 Å². The molecular formula is C13H23NO2. The van der Waals surface area contributed by atoms with Gasteiger partial charge < -0.3 is 14.8 Å². The zero-order valence-corrected chi connectivity index (χ0v) is 10.6. The Hall–Kier alpha value is -0.560. The van der Waals surface area contributed by atoms with Crippen LogP contribution in [0.2, 0.25) is 0 Å². The highest BCUT2D eigenvalue weighted by Gasteiger charge is 2.39. The van der Waals surface area contributed by atoms with Gasteiger partial charge in [0.05, 0.1) is 5.60 Å². The van der Waals surface area contributed by atoms with Crippen molar-refractivity contribution < 1.29 is 9.47 Å². The molecule has 0 amide bonds. The minimum atomic E-state index is -0.0917. The predicted octanol–water partition coefficient (Wildman–Crippen LogP) is 1.57. The van der Waals surface area contributed by atoms with E-state index in [1.807, 2.05) is 14.0 Å². The maximum Gasteiger partial charge on any atom is 0.0887 e. The van der Waals surface area contributed by atoms with Gasteiger partial charge in [0.25, 0.3) is 0 Å². The van der Waals surface area contributed by atoms with E-state index >= 15 is 0 Å². The molecule has 1 aliphatic heterocycles. The van der Waals surface area contributed by atoms with Crippen molar-refractivity contribution >= 4 is 0 Å². The van der Waals surface area contributed by atoms with E-state index in [0.717, 1.165) is 39.1 Å². The van der Waals surface area contributed by atoms with Crippen molar-refractivity contribution in [1.82, 2.24) is 5.32 Å². The molecule has 1 rings (SSSR count). The fourth-order valence-electron chi connectivity index (χ4n) is 2.35. The summed E-state index contributed by atoms with van der Waals surface area (Å²) in [6.07, 6.45) is 2.75. The Morgan fingerprint density at radius 1 is 1.44 bits per heavy atom. The predicted molar refractivity (Wildman–Crippen MR) is 65.3 cm³/mol. The van der Waals surface area contributed by atoms with Gasteiger partial charge in [0.15, 0.2) is 0 Å². The summed E-state index contributed by atoms with van der Waals surface area (Å²) < 4.78 is 11.4. The fourth-order valence-corrected chi connectivity index (χ4v) is 2.35. The van der Waals surface area contributed by atoms with E-state index in [1.165, 1.54) is 0 Å². The van der Waals surface area contributed by atoms with Gasteiger partial charge in [-0.05, 0) is 20.9 Å². The number of hydrogen-bond acceptors (Lipinski definition) is 3. The summed E-state index contributed by atoms with van der Waals surface area (Å²) in [5, 5.41) is 3.35. The molecule has 92 valence electrons. The topological polar surface area (TPSA) is 30.5 Å². The van der Waals surface area contributed by atoms with Crippen molar-refractivity contribution in [2.45, 2.75) is 44.8 Å². The standard InChI is InChI=1S/C13H23NO2/c1-4-6-7-12(14-3)13(16-5-2)8-10-15-11-9-13/h12,14H,5,7-11H2,1-3H3. The smallest absolute Gasteiger partial charge is 0.0887 e. The van der Waals surface area contributed by atoms with Gasteiger partial charge in [-0.3, -0.25) is 0 Å². The van der Waals surface area contributed by atoms with Crippen molar-refractivity contribution in [3.63, 3.8) is 0 Å². The van der Waals surface area contributed by atoms with Crippen LogP contribution >= 0.6 is 0 Å². The largest absolute Gasteiger partial charge is 0.381 e. The van der Waals surface area contributed by atoms with Crippen LogP contribution in [-0.4, -0.2) is 38.5 Å². The average Bonchev–Trinajstić information content (AvgIpc) is 2.31. The second kappa shape index (κ2) is 6.90. The Kier molecular flexibility index (Phi) is 5.83. The number of rotatable bonds is 5. The van der Waals surface area contributed by atoms with E-state index in [-0.39, 0.29) is 5.60 Å². The zero-order valence-electron chi connectivity index (χ0n) is 10.6. The number of hydrogen-bond donors (Lipinski definition) is 1. The Morgan fingerprint density at radius 3 is 2.62 bits per heavy atom. The first-order valence-electron chi connectivity index (χ1n) is 6.07. The van der Waals surface area contributed by atoms with Crippen LogP contribution < -0.4 is 5.32 Å². The SMILES string of the molecule is CC#CCC(NC)C1(OCC)CCOCC1. The van der Waals surface area contributed by atoms with Gasteiger partial charge in [0.1, 0.15) is 0 Å². The molecule has 0 spiro atoms. The molecule has 0 aromatic carbocycles. The molecule has 1 saturated heterocycles. The zero-order chi connectivity index (χ0) is 11.9. The minimum absolute atomic E-state index is 0.0917. The van der Waals surface area contributed by atoms with E-state index in [9.17, 15) is 0 Å². The molecule has 1 fully saturated rings. The van der Waals surface area contributed by atoms with Gasteiger partial charge in [0, 0.05) is 45.1 Å². The van der Waals surface area contributed by atoms with Crippen LogP contribution in [0.4, 0.5) is 0 Å². The van der Waals surface area contributed by atoms with E-state index in [0.29, 0.717) is 6.04 Å². The highest BCUT2D eigenvalue weighted by Crippen LogP contribution is 2.30.